The summed E-state index contributed by atoms with van der Waals surface area (Å²) in [5.41, 5.74) is 7.77. The Labute approximate surface area is 94.1 Å². The van der Waals surface area contributed by atoms with E-state index in [4.69, 9.17) is 10.5 Å². The number of benzene rings is 1. The van der Waals surface area contributed by atoms with Gasteiger partial charge in [0.25, 0.3) is 0 Å². The zero-order chi connectivity index (χ0) is 11.5. The first-order valence-electron chi connectivity index (χ1n) is 4.98. The smallest absolute Gasteiger partial charge is 0.224 e. The summed E-state index contributed by atoms with van der Waals surface area (Å²) in [5, 5.41) is 0. The molecule has 4 heteroatoms. The molecule has 2 rings (SSSR count). The average Bonchev–Trinajstić information content (AvgIpc) is 2.15. The van der Waals surface area contributed by atoms with E-state index >= 15 is 0 Å². The molecule has 4 nitrogen and oxygen atoms in total. The molecule has 0 saturated carbocycles. The van der Waals surface area contributed by atoms with Gasteiger partial charge in [0.05, 0.1) is 0 Å². The Hall–Kier alpha value is -2.10. The van der Waals surface area contributed by atoms with E-state index in [0.717, 1.165) is 16.9 Å². The van der Waals surface area contributed by atoms with Crippen LogP contribution >= 0.6 is 0 Å². The summed E-state index contributed by atoms with van der Waals surface area (Å²) in [6.45, 7) is 4.04. The van der Waals surface area contributed by atoms with Crippen LogP contribution in [0.15, 0.2) is 30.5 Å². The SMILES string of the molecule is Cc1cc(C)cc(Oc2ccnc(N)n2)c1. The Morgan fingerprint density at radius 2 is 1.81 bits per heavy atom. The van der Waals surface area contributed by atoms with Crippen LogP contribution in [0.25, 0.3) is 0 Å². The van der Waals surface area contributed by atoms with E-state index in [1.807, 2.05) is 26.0 Å². The van der Waals surface area contributed by atoms with E-state index in [1.54, 1.807) is 12.3 Å². The molecule has 16 heavy (non-hydrogen) atoms. The lowest BCUT2D eigenvalue weighted by Gasteiger charge is -2.06. The van der Waals surface area contributed by atoms with Crippen molar-refractivity contribution in [3.05, 3.63) is 41.6 Å². The number of aryl methyl sites for hydroxylation is 2. The molecule has 1 heterocycles. The van der Waals surface area contributed by atoms with Gasteiger partial charge in [-0.3, -0.25) is 0 Å². The molecule has 2 aromatic rings. The lowest BCUT2D eigenvalue weighted by atomic mass is 10.1. The average molecular weight is 215 g/mol. The minimum absolute atomic E-state index is 0.210. The summed E-state index contributed by atoms with van der Waals surface area (Å²) in [6, 6.07) is 7.66. The number of hydrogen-bond acceptors (Lipinski definition) is 4. The maximum Gasteiger partial charge on any atom is 0.224 e. The molecule has 0 spiro atoms. The predicted octanol–water partition coefficient (Wildman–Crippen LogP) is 2.47. The van der Waals surface area contributed by atoms with Crippen LogP contribution in [0.4, 0.5) is 5.95 Å². The van der Waals surface area contributed by atoms with Crippen LogP contribution in [0, 0.1) is 13.8 Å². The van der Waals surface area contributed by atoms with Crippen molar-refractivity contribution in [2.75, 3.05) is 5.73 Å². The molecule has 0 aliphatic carbocycles. The van der Waals surface area contributed by atoms with Crippen LogP contribution in [0.2, 0.25) is 0 Å². The first-order valence-corrected chi connectivity index (χ1v) is 4.98. The highest BCUT2D eigenvalue weighted by Crippen LogP contribution is 2.22. The first-order chi connectivity index (χ1) is 7.63. The second-order valence-corrected chi connectivity index (χ2v) is 3.68. The van der Waals surface area contributed by atoms with Crippen molar-refractivity contribution in [3.8, 4) is 11.6 Å². The standard InChI is InChI=1S/C12H13N3O/c1-8-5-9(2)7-10(6-8)16-11-3-4-14-12(13)15-11/h3-7H,1-2H3,(H2,13,14,15). The van der Waals surface area contributed by atoms with Gasteiger partial charge in [-0.15, -0.1) is 0 Å². The molecule has 0 fully saturated rings. The molecule has 0 aliphatic heterocycles. The van der Waals surface area contributed by atoms with Crippen LogP contribution < -0.4 is 10.5 Å². The quantitative estimate of drug-likeness (QED) is 0.835. The van der Waals surface area contributed by atoms with Crippen LogP contribution in [-0.4, -0.2) is 9.97 Å². The molecule has 1 aromatic heterocycles. The van der Waals surface area contributed by atoms with Gasteiger partial charge in [-0.25, -0.2) is 4.98 Å². The zero-order valence-corrected chi connectivity index (χ0v) is 9.27. The number of anilines is 1. The largest absolute Gasteiger partial charge is 0.439 e. The minimum Gasteiger partial charge on any atom is -0.439 e. The predicted molar refractivity (Wildman–Crippen MR) is 62.4 cm³/mol. The molecule has 1 aromatic carbocycles. The maximum absolute atomic E-state index is 5.59. The van der Waals surface area contributed by atoms with Gasteiger partial charge in [0.1, 0.15) is 5.75 Å². The lowest BCUT2D eigenvalue weighted by Crippen LogP contribution is -1.96. The third-order valence-electron chi connectivity index (χ3n) is 2.07. The molecule has 0 aliphatic rings. The lowest BCUT2D eigenvalue weighted by molar-refractivity contribution is 0.462. The van der Waals surface area contributed by atoms with Gasteiger partial charge in [0.2, 0.25) is 11.8 Å². The molecule has 0 unspecified atom stereocenters. The highest BCUT2D eigenvalue weighted by molar-refractivity contribution is 5.35. The number of hydrogen-bond donors (Lipinski definition) is 1. The summed E-state index contributed by atoms with van der Waals surface area (Å²) >= 11 is 0. The van der Waals surface area contributed by atoms with E-state index < -0.39 is 0 Å². The molecule has 0 atom stereocenters. The van der Waals surface area contributed by atoms with Crippen molar-refractivity contribution >= 4 is 5.95 Å². The van der Waals surface area contributed by atoms with Gasteiger partial charge >= 0.3 is 0 Å². The van der Waals surface area contributed by atoms with Gasteiger partial charge in [-0.1, -0.05) is 6.07 Å². The van der Waals surface area contributed by atoms with E-state index in [-0.39, 0.29) is 5.95 Å². The third kappa shape index (κ3) is 2.48. The molecule has 0 bridgehead atoms. The van der Waals surface area contributed by atoms with Crippen LogP contribution in [0.1, 0.15) is 11.1 Å². The van der Waals surface area contributed by atoms with Crippen molar-refractivity contribution in [2.45, 2.75) is 13.8 Å². The first kappa shape index (κ1) is 10.4. The maximum atomic E-state index is 5.59. The number of nitrogens with two attached hydrogens (primary N) is 1. The normalized spacial score (nSPS) is 10.1. The summed E-state index contributed by atoms with van der Waals surface area (Å²) in [6.07, 6.45) is 1.57. The van der Waals surface area contributed by atoms with Gasteiger partial charge in [0, 0.05) is 12.3 Å². The van der Waals surface area contributed by atoms with Crippen LogP contribution in [0.5, 0.6) is 11.6 Å². The van der Waals surface area contributed by atoms with Crippen molar-refractivity contribution in [2.24, 2.45) is 0 Å². The zero-order valence-electron chi connectivity index (χ0n) is 9.27. The minimum atomic E-state index is 0.210. The van der Waals surface area contributed by atoms with Gasteiger partial charge in [0.15, 0.2) is 0 Å². The second kappa shape index (κ2) is 4.18. The number of nitrogens with zero attached hydrogens (tertiary/aromatic N) is 2. The van der Waals surface area contributed by atoms with E-state index in [2.05, 4.69) is 16.0 Å². The highest BCUT2D eigenvalue weighted by Gasteiger charge is 2.01. The van der Waals surface area contributed by atoms with Gasteiger partial charge in [-0.2, -0.15) is 4.98 Å². The van der Waals surface area contributed by atoms with E-state index in [0.29, 0.717) is 5.88 Å². The monoisotopic (exact) mass is 215 g/mol. The summed E-state index contributed by atoms with van der Waals surface area (Å²) < 4.78 is 5.59. The molecule has 0 saturated heterocycles. The van der Waals surface area contributed by atoms with Gasteiger partial charge in [-0.05, 0) is 37.1 Å². The Morgan fingerprint density at radius 1 is 1.12 bits per heavy atom. The fourth-order valence-corrected chi connectivity index (χ4v) is 1.53. The fraction of sp³-hybridized carbons (Fsp3) is 0.167. The highest BCUT2D eigenvalue weighted by atomic mass is 16.5. The van der Waals surface area contributed by atoms with Gasteiger partial charge < -0.3 is 10.5 Å². The number of aromatic nitrogens is 2. The number of nitrogen functional groups attached to an aromatic ring is 1. The van der Waals surface area contributed by atoms with E-state index in [1.165, 1.54) is 0 Å². The molecule has 0 amide bonds. The van der Waals surface area contributed by atoms with E-state index in [9.17, 15) is 0 Å². The Balaban J connectivity index is 2.27. The van der Waals surface area contributed by atoms with Crippen molar-refractivity contribution in [1.82, 2.24) is 9.97 Å². The Bertz CT molecular complexity index is 491. The number of rotatable bonds is 2. The molecule has 0 radical (unpaired) electrons. The fourth-order valence-electron chi connectivity index (χ4n) is 1.53. The summed E-state index contributed by atoms with van der Waals surface area (Å²) in [5.74, 6) is 1.43. The van der Waals surface area contributed by atoms with Crippen molar-refractivity contribution in [1.29, 1.82) is 0 Å². The van der Waals surface area contributed by atoms with Crippen molar-refractivity contribution in [3.63, 3.8) is 0 Å². The topological polar surface area (TPSA) is 61.0 Å². The van der Waals surface area contributed by atoms with Crippen molar-refractivity contribution < 1.29 is 4.74 Å². The summed E-state index contributed by atoms with van der Waals surface area (Å²) in [4.78, 5) is 7.78. The Morgan fingerprint density at radius 3 is 2.44 bits per heavy atom. The Kier molecular flexibility index (Phi) is 2.72. The van der Waals surface area contributed by atoms with Crippen LogP contribution in [0.3, 0.4) is 0 Å². The summed E-state index contributed by atoms with van der Waals surface area (Å²) in [7, 11) is 0. The molecular weight excluding hydrogens is 202 g/mol. The number of ether oxygens (including phenoxy) is 1. The molecule has 2 N–H and O–H groups in total. The van der Waals surface area contributed by atoms with Crippen LogP contribution in [-0.2, 0) is 0 Å². The third-order valence-corrected chi connectivity index (χ3v) is 2.07. The molecule has 82 valence electrons. The second-order valence-electron chi connectivity index (χ2n) is 3.68. The molecular formula is C12H13N3O.